The number of nitrogens with one attached hydrogen (secondary N) is 1. The number of nitrogens with zero attached hydrogens (tertiary/aromatic N) is 2. The Morgan fingerprint density at radius 2 is 1.94 bits per heavy atom. The fraction of sp³-hybridized carbons (Fsp3) is 0.524. The quantitative estimate of drug-likeness (QED) is 0.547. The predicted octanol–water partition coefficient (Wildman–Crippen LogP) is 3.64. The standard InChI is InChI=1S/C21H27N3O6S/c1-14-10-16-18(12-21(2,3)13-19(16)30-14)22-17-5-4-15(24(25)26)11-20(17)31(27,28)23-6-8-29-9-7-23/h4-5,10-11,18,22H,6-9,12-13H2,1-3H3/t18-/m1/s1. The molecule has 2 aromatic rings. The molecule has 0 amide bonds. The third kappa shape index (κ3) is 4.32. The average molecular weight is 450 g/mol. The van der Waals surface area contributed by atoms with Crippen molar-refractivity contribution in [3.8, 4) is 0 Å². The second-order valence-corrected chi connectivity index (χ2v) is 10.8. The zero-order valence-electron chi connectivity index (χ0n) is 17.9. The van der Waals surface area contributed by atoms with E-state index in [0.29, 0.717) is 18.9 Å². The van der Waals surface area contributed by atoms with Crippen LogP contribution in [0.4, 0.5) is 11.4 Å². The second kappa shape index (κ2) is 7.92. The van der Waals surface area contributed by atoms with Crippen molar-refractivity contribution in [2.75, 3.05) is 31.6 Å². The van der Waals surface area contributed by atoms with Gasteiger partial charge >= 0.3 is 0 Å². The number of non-ortho nitro benzene ring substituents is 1. The first-order valence-electron chi connectivity index (χ1n) is 10.3. The van der Waals surface area contributed by atoms with Crippen LogP contribution < -0.4 is 5.32 Å². The molecule has 1 atom stereocenters. The minimum Gasteiger partial charge on any atom is -0.466 e. The van der Waals surface area contributed by atoms with E-state index in [1.165, 1.54) is 16.4 Å². The van der Waals surface area contributed by atoms with Gasteiger partial charge in [0.2, 0.25) is 10.0 Å². The molecule has 1 aromatic heterocycles. The number of nitro groups is 1. The maximum Gasteiger partial charge on any atom is 0.270 e. The Labute approximate surface area is 181 Å². The first-order valence-corrected chi connectivity index (χ1v) is 11.7. The lowest BCUT2D eigenvalue weighted by Crippen LogP contribution is -2.41. The highest BCUT2D eigenvalue weighted by atomic mass is 32.2. The van der Waals surface area contributed by atoms with Gasteiger partial charge < -0.3 is 14.5 Å². The maximum atomic E-state index is 13.4. The lowest BCUT2D eigenvalue weighted by molar-refractivity contribution is -0.385. The number of hydrogen-bond acceptors (Lipinski definition) is 7. The number of furan rings is 1. The molecule has 1 fully saturated rings. The first-order chi connectivity index (χ1) is 14.6. The van der Waals surface area contributed by atoms with Gasteiger partial charge in [-0.2, -0.15) is 4.31 Å². The molecule has 2 aliphatic rings. The third-order valence-electron chi connectivity index (χ3n) is 5.83. The van der Waals surface area contributed by atoms with E-state index in [9.17, 15) is 18.5 Å². The van der Waals surface area contributed by atoms with Crippen LogP contribution >= 0.6 is 0 Å². The summed E-state index contributed by atoms with van der Waals surface area (Å²) in [7, 11) is -3.94. The van der Waals surface area contributed by atoms with Gasteiger partial charge in [-0.15, -0.1) is 0 Å². The smallest absolute Gasteiger partial charge is 0.270 e. The molecule has 31 heavy (non-hydrogen) atoms. The van der Waals surface area contributed by atoms with E-state index in [4.69, 9.17) is 9.15 Å². The van der Waals surface area contributed by atoms with Crippen LogP contribution in [0.2, 0.25) is 0 Å². The summed E-state index contributed by atoms with van der Waals surface area (Å²) in [5, 5.41) is 14.7. The zero-order valence-corrected chi connectivity index (χ0v) is 18.7. The summed E-state index contributed by atoms with van der Waals surface area (Å²) in [6, 6.07) is 5.76. The molecule has 1 N–H and O–H groups in total. The van der Waals surface area contributed by atoms with Crippen LogP contribution in [0.15, 0.2) is 33.6 Å². The van der Waals surface area contributed by atoms with E-state index in [2.05, 4.69) is 19.2 Å². The van der Waals surface area contributed by atoms with Crippen molar-refractivity contribution in [1.82, 2.24) is 4.31 Å². The number of nitro benzene ring substituents is 1. The molecule has 168 valence electrons. The average Bonchev–Trinajstić information content (AvgIpc) is 3.07. The molecular weight excluding hydrogens is 422 g/mol. The molecule has 4 rings (SSSR count). The van der Waals surface area contributed by atoms with Gasteiger partial charge in [-0.1, -0.05) is 13.8 Å². The van der Waals surface area contributed by atoms with E-state index in [-0.39, 0.29) is 35.1 Å². The van der Waals surface area contributed by atoms with Crippen LogP contribution in [0, 0.1) is 22.5 Å². The van der Waals surface area contributed by atoms with Crippen molar-refractivity contribution in [3.05, 3.63) is 51.5 Å². The number of sulfonamides is 1. The van der Waals surface area contributed by atoms with Gasteiger partial charge in [0.05, 0.1) is 29.9 Å². The van der Waals surface area contributed by atoms with E-state index in [1.54, 1.807) is 0 Å². The Bertz CT molecular complexity index is 1100. The number of anilines is 1. The lowest BCUT2D eigenvalue weighted by Gasteiger charge is -2.35. The maximum absolute atomic E-state index is 13.4. The highest BCUT2D eigenvalue weighted by Gasteiger charge is 2.37. The van der Waals surface area contributed by atoms with Crippen LogP contribution in [0.25, 0.3) is 0 Å². The zero-order chi connectivity index (χ0) is 22.4. The van der Waals surface area contributed by atoms with Crippen LogP contribution in [0.3, 0.4) is 0 Å². The van der Waals surface area contributed by atoms with Gasteiger partial charge in [-0.05, 0) is 30.9 Å². The van der Waals surface area contributed by atoms with E-state index in [0.717, 1.165) is 36.0 Å². The number of aryl methyl sites for hydroxylation is 1. The highest BCUT2D eigenvalue weighted by molar-refractivity contribution is 7.89. The van der Waals surface area contributed by atoms with Crippen LogP contribution in [0.1, 0.15) is 43.4 Å². The van der Waals surface area contributed by atoms with Gasteiger partial charge in [0.25, 0.3) is 5.69 Å². The molecule has 1 aliphatic heterocycles. The van der Waals surface area contributed by atoms with Gasteiger partial charge in [0.15, 0.2) is 0 Å². The Balaban J connectivity index is 1.76. The third-order valence-corrected chi connectivity index (χ3v) is 7.77. The van der Waals surface area contributed by atoms with Crippen molar-refractivity contribution in [1.29, 1.82) is 0 Å². The van der Waals surface area contributed by atoms with Crippen molar-refractivity contribution in [3.63, 3.8) is 0 Å². The molecule has 0 spiro atoms. The van der Waals surface area contributed by atoms with Crippen LogP contribution in [-0.2, 0) is 21.2 Å². The number of morpholine rings is 1. The van der Waals surface area contributed by atoms with Crippen molar-refractivity contribution >= 4 is 21.4 Å². The Hall–Kier alpha value is -2.43. The number of ether oxygens (including phenoxy) is 1. The molecule has 9 nitrogen and oxygen atoms in total. The Kier molecular flexibility index (Phi) is 5.57. The van der Waals surface area contributed by atoms with Crippen LogP contribution in [0.5, 0.6) is 0 Å². The topological polar surface area (TPSA) is 115 Å². The summed E-state index contributed by atoms with van der Waals surface area (Å²) in [4.78, 5) is 10.7. The van der Waals surface area contributed by atoms with Gasteiger partial charge in [0, 0.05) is 37.2 Å². The van der Waals surface area contributed by atoms with E-state index in [1.807, 2.05) is 13.0 Å². The fourth-order valence-corrected chi connectivity index (χ4v) is 5.97. The fourth-order valence-electron chi connectivity index (χ4n) is 4.38. The Morgan fingerprint density at radius 1 is 1.23 bits per heavy atom. The highest BCUT2D eigenvalue weighted by Crippen LogP contribution is 2.44. The summed E-state index contributed by atoms with van der Waals surface area (Å²) < 4.78 is 39.3. The van der Waals surface area contributed by atoms with E-state index < -0.39 is 14.9 Å². The number of rotatable bonds is 5. The van der Waals surface area contributed by atoms with Crippen LogP contribution in [-0.4, -0.2) is 43.9 Å². The van der Waals surface area contributed by atoms with Gasteiger partial charge in [-0.25, -0.2) is 8.42 Å². The first kappa shape index (κ1) is 21.8. The summed E-state index contributed by atoms with van der Waals surface area (Å²) in [5.74, 6) is 1.70. The molecule has 0 bridgehead atoms. The predicted molar refractivity (Wildman–Crippen MR) is 115 cm³/mol. The molecule has 1 saturated heterocycles. The lowest BCUT2D eigenvalue weighted by atomic mass is 9.74. The molecule has 0 saturated carbocycles. The molecule has 1 aliphatic carbocycles. The van der Waals surface area contributed by atoms with Gasteiger partial charge in [-0.3, -0.25) is 10.1 Å². The van der Waals surface area contributed by atoms with Gasteiger partial charge in [0.1, 0.15) is 16.4 Å². The summed E-state index contributed by atoms with van der Waals surface area (Å²) >= 11 is 0. The molecule has 10 heteroatoms. The minimum atomic E-state index is -3.94. The van der Waals surface area contributed by atoms with E-state index >= 15 is 0 Å². The largest absolute Gasteiger partial charge is 0.466 e. The summed E-state index contributed by atoms with van der Waals surface area (Å²) in [6.07, 6.45) is 1.57. The van der Waals surface area contributed by atoms with Crippen molar-refractivity contribution in [2.45, 2.75) is 44.6 Å². The Morgan fingerprint density at radius 3 is 2.61 bits per heavy atom. The number of benzene rings is 1. The second-order valence-electron chi connectivity index (χ2n) is 8.93. The monoisotopic (exact) mass is 449 g/mol. The molecule has 0 unspecified atom stereocenters. The normalized spacial score (nSPS) is 21.5. The minimum absolute atomic E-state index is 0.0427. The number of hydrogen-bond donors (Lipinski definition) is 1. The molecular formula is C21H27N3O6S. The molecule has 2 heterocycles. The van der Waals surface area contributed by atoms with Crippen molar-refractivity contribution in [2.24, 2.45) is 5.41 Å². The molecule has 1 aromatic carbocycles. The van der Waals surface area contributed by atoms with Crippen molar-refractivity contribution < 1.29 is 22.5 Å². The molecule has 0 radical (unpaired) electrons. The summed E-state index contributed by atoms with van der Waals surface area (Å²) in [6.45, 7) is 7.20. The number of fused-ring (bicyclic) bond motifs is 1. The summed E-state index contributed by atoms with van der Waals surface area (Å²) in [5.41, 5.74) is 1.05. The SMILES string of the molecule is Cc1cc2c(o1)CC(C)(C)C[C@H]2Nc1ccc([N+](=O)[O-])cc1S(=O)(=O)N1CCOCC1.